The van der Waals surface area contributed by atoms with Gasteiger partial charge in [0.05, 0.1) is 0 Å². The van der Waals surface area contributed by atoms with Gasteiger partial charge in [0.25, 0.3) is 0 Å². The Morgan fingerprint density at radius 1 is 1.19 bits per heavy atom. The van der Waals surface area contributed by atoms with Crippen LogP contribution in [0.4, 0.5) is 0 Å². The maximum absolute atomic E-state index is 5.80. The van der Waals surface area contributed by atoms with Crippen LogP contribution < -0.4 is 10.6 Å². The topological polar surface area (TPSA) is 54.9 Å². The first-order chi connectivity index (χ1) is 12.9. The zero-order valence-corrected chi connectivity index (χ0v) is 16.0. The molecule has 1 aromatic rings. The zero-order valence-electron chi connectivity index (χ0n) is 16.0. The molecule has 5 nitrogen and oxygen atoms in total. The summed E-state index contributed by atoms with van der Waals surface area (Å²) in [6.45, 7) is 5.34. The highest BCUT2D eigenvalue weighted by Crippen LogP contribution is 2.46. The minimum Gasteiger partial charge on any atom is -0.381 e. The minimum atomic E-state index is 0.683. The van der Waals surface area contributed by atoms with E-state index in [-0.39, 0.29) is 0 Å². The van der Waals surface area contributed by atoms with Crippen LogP contribution in [0.25, 0.3) is 0 Å². The molecule has 2 unspecified atom stereocenters. The first-order valence-electron chi connectivity index (χ1n) is 10.0. The van der Waals surface area contributed by atoms with Crippen LogP contribution in [0.5, 0.6) is 0 Å². The first-order valence-corrected chi connectivity index (χ1v) is 10.0. The summed E-state index contributed by atoms with van der Waals surface area (Å²) in [4.78, 5) is 4.32. The smallest absolute Gasteiger partial charge is 0.190 e. The van der Waals surface area contributed by atoms with E-state index in [4.69, 9.17) is 9.47 Å². The Hall–Kier alpha value is -1.59. The summed E-state index contributed by atoms with van der Waals surface area (Å²) in [7, 11) is 1.83. The van der Waals surface area contributed by atoms with Crippen molar-refractivity contribution in [3.8, 4) is 0 Å². The summed E-state index contributed by atoms with van der Waals surface area (Å²) in [6, 6.07) is 10.8. The van der Waals surface area contributed by atoms with Crippen molar-refractivity contribution in [2.45, 2.75) is 31.6 Å². The molecule has 0 radical (unpaired) electrons. The van der Waals surface area contributed by atoms with Gasteiger partial charge >= 0.3 is 0 Å². The van der Waals surface area contributed by atoms with Crippen molar-refractivity contribution in [2.24, 2.45) is 16.8 Å². The Morgan fingerprint density at radius 3 is 2.77 bits per heavy atom. The molecule has 1 saturated heterocycles. The fraction of sp³-hybridized carbons (Fsp3) is 0.667. The van der Waals surface area contributed by atoms with Crippen LogP contribution in [0, 0.1) is 11.8 Å². The van der Waals surface area contributed by atoms with Crippen LogP contribution in [0.2, 0.25) is 0 Å². The fourth-order valence-electron chi connectivity index (χ4n) is 3.57. The number of hydrogen-bond donors (Lipinski definition) is 2. The lowest BCUT2D eigenvalue weighted by atomic mass is 10.0. The van der Waals surface area contributed by atoms with Crippen molar-refractivity contribution in [3.63, 3.8) is 0 Å². The number of hydrogen-bond acceptors (Lipinski definition) is 3. The number of benzene rings is 1. The van der Waals surface area contributed by atoms with Gasteiger partial charge in [-0.05, 0) is 49.0 Å². The van der Waals surface area contributed by atoms with Crippen molar-refractivity contribution >= 4 is 5.96 Å². The number of nitrogens with one attached hydrogen (secondary N) is 2. The molecule has 0 bridgehead atoms. The molecule has 26 heavy (non-hydrogen) atoms. The van der Waals surface area contributed by atoms with Crippen LogP contribution >= 0.6 is 0 Å². The third-order valence-electron chi connectivity index (χ3n) is 5.36. The summed E-state index contributed by atoms with van der Waals surface area (Å²) in [5, 5.41) is 6.84. The van der Waals surface area contributed by atoms with E-state index in [9.17, 15) is 0 Å². The van der Waals surface area contributed by atoms with Crippen LogP contribution in [0.1, 0.15) is 37.2 Å². The second-order valence-electron chi connectivity index (χ2n) is 7.38. The normalized spacial score (nSPS) is 23.7. The number of ether oxygens (including phenoxy) is 2. The average molecular weight is 360 g/mol. The van der Waals surface area contributed by atoms with Gasteiger partial charge < -0.3 is 20.1 Å². The van der Waals surface area contributed by atoms with Gasteiger partial charge in [0.1, 0.15) is 0 Å². The van der Waals surface area contributed by atoms with Crippen LogP contribution in [0.3, 0.4) is 0 Å². The number of rotatable bonds is 9. The lowest BCUT2D eigenvalue weighted by molar-refractivity contribution is 0.0203. The summed E-state index contributed by atoms with van der Waals surface area (Å²) < 4.78 is 11.2. The van der Waals surface area contributed by atoms with E-state index < -0.39 is 0 Å². The van der Waals surface area contributed by atoms with Crippen LogP contribution in [-0.4, -0.2) is 52.5 Å². The molecule has 5 heteroatoms. The molecule has 2 aliphatic rings. The molecule has 0 aromatic heterocycles. The second kappa shape index (κ2) is 10.5. The molecule has 2 fully saturated rings. The van der Waals surface area contributed by atoms with E-state index in [0.29, 0.717) is 11.8 Å². The standard InChI is InChI=1S/C21H33N3O2/c1-22-21(23-10-5-11-26-16-17-8-12-25-13-9-17)24-15-19-14-20(19)18-6-3-2-4-7-18/h2-4,6-7,17,19-20H,5,8-16H2,1H3,(H2,22,23,24). The van der Waals surface area contributed by atoms with Crippen molar-refractivity contribution < 1.29 is 9.47 Å². The van der Waals surface area contributed by atoms with Gasteiger partial charge in [-0.2, -0.15) is 0 Å². The molecule has 144 valence electrons. The van der Waals surface area contributed by atoms with Crippen molar-refractivity contribution in [2.75, 3.05) is 46.6 Å². The Kier molecular flexibility index (Phi) is 7.77. The number of nitrogens with zero attached hydrogens (tertiary/aromatic N) is 1. The van der Waals surface area contributed by atoms with Gasteiger partial charge in [-0.1, -0.05) is 30.3 Å². The largest absolute Gasteiger partial charge is 0.381 e. The Labute approximate surface area is 157 Å². The minimum absolute atomic E-state index is 0.683. The van der Waals surface area contributed by atoms with Crippen molar-refractivity contribution in [1.82, 2.24) is 10.6 Å². The fourth-order valence-corrected chi connectivity index (χ4v) is 3.57. The predicted octanol–water partition coefficient (Wildman–Crippen LogP) is 2.79. The molecule has 1 saturated carbocycles. The zero-order chi connectivity index (χ0) is 18.0. The highest BCUT2D eigenvalue weighted by atomic mass is 16.5. The van der Waals surface area contributed by atoms with Crippen molar-refractivity contribution in [1.29, 1.82) is 0 Å². The highest BCUT2D eigenvalue weighted by molar-refractivity contribution is 5.79. The first kappa shape index (κ1) is 19.2. The van der Waals surface area contributed by atoms with Crippen molar-refractivity contribution in [3.05, 3.63) is 35.9 Å². The van der Waals surface area contributed by atoms with E-state index in [0.717, 1.165) is 70.7 Å². The molecule has 0 spiro atoms. The molecular weight excluding hydrogens is 326 g/mol. The number of guanidine groups is 1. The molecule has 2 atom stereocenters. The molecule has 1 aromatic carbocycles. The molecule has 2 N–H and O–H groups in total. The maximum Gasteiger partial charge on any atom is 0.190 e. The highest BCUT2D eigenvalue weighted by Gasteiger charge is 2.37. The Balaban J connectivity index is 1.22. The molecule has 1 aliphatic heterocycles. The molecule has 0 amide bonds. The lowest BCUT2D eigenvalue weighted by Crippen LogP contribution is -2.39. The SMILES string of the molecule is CN=C(NCCCOCC1CCOCC1)NCC1CC1c1ccccc1. The Morgan fingerprint density at radius 2 is 2.00 bits per heavy atom. The molecule has 3 rings (SSSR count). The Bertz CT molecular complexity index is 543. The molecular formula is C21H33N3O2. The molecule has 1 aliphatic carbocycles. The van der Waals surface area contributed by atoms with E-state index in [1.165, 1.54) is 12.0 Å². The van der Waals surface area contributed by atoms with Gasteiger partial charge in [0.15, 0.2) is 5.96 Å². The van der Waals surface area contributed by atoms with Gasteiger partial charge in [-0.3, -0.25) is 4.99 Å². The third-order valence-corrected chi connectivity index (χ3v) is 5.36. The second-order valence-corrected chi connectivity index (χ2v) is 7.38. The summed E-state index contributed by atoms with van der Waals surface area (Å²) >= 11 is 0. The predicted molar refractivity (Wildman–Crippen MR) is 106 cm³/mol. The quantitative estimate of drug-likeness (QED) is 0.404. The summed E-state index contributed by atoms with van der Waals surface area (Å²) in [5.41, 5.74) is 1.46. The van der Waals surface area contributed by atoms with E-state index >= 15 is 0 Å². The van der Waals surface area contributed by atoms with E-state index in [2.05, 4.69) is 46.0 Å². The van der Waals surface area contributed by atoms with E-state index in [1.54, 1.807) is 0 Å². The summed E-state index contributed by atoms with van der Waals surface area (Å²) in [6.07, 6.45) is 4.55. The van der Waals surface area contributed by atoms with Crippen LogP contribution in [-0.2, 0) is 9.47 Å². The summed E-state index contributed by atoms with van der Waals surface area (Å²) in [5.74, 6) is 3.01. The molecule has 1 heterocycles. The third kappa shape index (κ3) is 6.29. The van der Waals surface area contributed by atoms with Gasteiger partial charge in [0, 0.05) is 46.6 Å². The van der Waals surface area contributed by atoms with Gasteiger partial charge in [-0.25, -0.2) is 0 Å². The van der Waals surface area contributed by atoms with Gasteiger partial charge in [0.2, 0.25) is 0 Å². The average Bonchev–Trinajstić information content (AvgIpc) is 3.48. The maximum atomic E-state index is 5.80. The monoisotopic (exact) mass is 359 g/mol. The lowest BCUT2D eigenvalue weighted by Gasteiger charge is -2.21. The van der Waals surface area contributed by atoms with Gasteiger partial charge in [-0.15, -0.1) is 0 Å². The van der Waals surface area contributed by atoms with E-state index in [1.807, 2.05) is 7.05 Å². The van der Waals surface area contributed by atoms with Crippen LogP contribution in [0.15, 0.2) is 35.3 Å². The number of aliphatic imine (C=N–C) groups is 1.